The molecular weight excluding hydrogens is 286 g/mol. The van der Waals surface area contributed by atoms with Crippen LogP contribution in [0.2, 0.25) is 5.02 Å². The van der Waals surface area contributed by atoms with Crippen LogP contribution in [0.4, 0.5) is 5.69 Å². The third kappa shape index (κ3) is 3.99. The standard InChI is InChI=1S/C13H19BrClN/c1-8(2)5-10(4)16-13-7-12(15)9(3)6-11(13)14/h6-8,10,16H,5H2,1-4H3. The molecule has 0 fully saturated rings. The fraction of sp³-hybridized carbons (Fsp3) is 0.538. The monoisotopic (exact) mass is 303 g/mol. The van der Waals surface area contributed by atoms with Crippen LogP contribution in [0.5, 0.6) is 0 Å². The number of halogens is 2. The number of aryl methyl sites for hydroxylation is 1. The van der Waals surface area contributed by atoms with E-state index in [0.717, 1.165) is 27.2 Å². The average Bonchev–Trinajstić information content (AvgIpc) is 2.12. The molecule has 3 heteroatoms. The summed E-state index contributed by atoms with van der Waals surface area (Å²) in [5, 5.41) is 4.29. The third-order valence-electron chi connectivity index (χ3n) is 2.48. The van der Waals surface area contributed by atoms with E-state index in [1.807, 2.05) is 19.1 Å². The van der Waals surface area contributed by atoms with E-state index in [2.05, 4.69) is 42.0 Å². The molecule has 0 bridgehead atoms. The smallest absolute Gasteiger partial charge is 0.0501 e. The lowest BCUT2D eigenvalue weighted by atomic mass is 10.0. The van der Waals surface area contributed by atoms with Crippen molar-refractivity contribution < 1.29 is 0 Å². The number of anilines is 1. The molecule has 1 rings (SSSR count). The second-order valence-electron chi connectivity index (χ2n) is 4.76. The van der Waals surface area contributed by atoms with E-state index in [-0.39, 0.29) is 0 Å². The Labute approximate surface area is 112 Å². The van der Waals surface area contributed by atoms with E-state index in [1.54, 1.807) is 0 Å². The van der Waals surface area contributed by atoms with Gasteiger partial charge in [-0.25, -0.2) is 0 Å². The van der Waals surface area contributed by atoms with Crippen molar-refractivity contribution in [3.63, 3.8) is 0 Å². The predicted octanol–water partition coefficient (Wildman–Crippen LogP) is 5.26. The Hall–Kier alpha value is -0.210. The van der Waals surface area contributed by atoms with E-state index in [9.17, 15) is 0 Å². The normalized spacial score (nSPS) is 12.9. The van der Waals surface area contributed by atoms with E-state index in [0.29, 0.717) is 12.0 Å². The fourth-order valence-corrected chi connectivity index (χ4v) is 2.52. The molecule has 0 aliphatic rings. The molecule has 1 N–H and O–H groups in total. The van der Waals surface area contributed by atoms with Crippen LogP contribution in [0.15, 0.2) is 16.6 Å². The summed E-state index contributed by atoms with van der Waals surface area (Å²) in [6, 6.07) is 4.49. The molecule has 0 aliphatic heterocycles. The van der Waals surface area contributed by atoms with Crippen molar-refractivity contribution in [1.29, 1.82) is 0 Å². The highest BCUT2D eigenvalue weighted by Crippen LogP contribution is 2.30. The molecule has 0 aromatic heterocycles. The highest BCUT2D eigenvalue weighted by atomic mass is 79.9. The lowest BCUT2D eigenvalue weighted by Crippen LogP contribution is -2.17. The van der Waals surface area contributed by atoms with Crippen molar-refractivity contribution in [2.75, 3.05) is 5.32 Å². The van der Waals surface area contributed by atoms with Gasteiger partial charge in [0.1, 0.15) is 0 Å². The molecule has 0 spiro atoms. The van der Waals surface area contributed by atoms with E-state index < -0.39 is 0 Å². The van der Waals surface area contributed by atoms with Gasteiger partial charge in [-0.3, -0.25) is 0 Å². The van der Waals surface area contributed by atoms with Crippen molar-refractivity contribution in [2.24, 2.45) is 5.92 Å². The van der Waals surface area contributed by atoms with Crippen LogP contribution in [0.25, 0.3) is 0 Å². The van der Waals surface area contributed by atoms with Crippen LogP contribution >= 0.6 is 27.5 Å². The molecule has 0 saturated heterocycles. The molecule has 0 aliphatic carbocycles. The highest BCUT2D eigenvalue weighted by molar-refractivity contribution is 9.10. The van der Waals surface area contributed by atoms with Crippen LogP contribution < -0.4 is 5.32 Å². The van der Waals surface area contributed by atoms with Crippen molar-refractivity contribution in [3.05, 3.63) is 27.2 Å². The first-order chi connectivity index (χ1) is 7.40. The van der Waals surface area contributed by atoms with Gasteiger partial charge >= 0.3 is 0 Å². The minimum absolute atomic E-state index is 0.454. The Morgan fingerprint density at radius 2 is 1.94 bits per heavy atom. The fourth-order valence-electron chi connectivity index (χ4n) is 1.79. The first-order valence-corrected chi connectivity index (χ1v) is 6.79. The van der Waals surface area contributed by atoms with Gasteiger partial charge in [-0.2, -0.15) is 0 Å². The molecule has 1 atom stereocenters. The summed E-state index contributed by atoms with van der Waals surface area (Å²) in [6.45, 7) is 8.67. The number of benzene rings is 1. The maximum absolute atomic E-state index is 6.11. The van der Waals surface area contributed by atoms with Gasteiger partial charge in [0.25, 0.3) is 0 Å². The lowest BCUT2D eigenvalue weighted by molar-refractivity contribution is 0.539. The summed E-state index contributed by atoms with van der Waals surface area (Å²) in [4.78, 5) is 0. The highest BCUT2D eigenvalue weighted by Gasteiger charge is 2.08. The van der Waals surface area contributed by atoms with Gasteiger partial charge in [0, 0.05) is 15.5 Å². The van der Waals surface area contributed by atoms with Crippen LogP contribution in [-0.2, 0) is 0 Å². The first kappa shape index (κ1) is 13.9. The third-order valence-corrected chi connectivity index (χ3v) is 3.54. The van der Waals surface area contributed by atoms with Crippen LogP contribution in [0.1, 0.15) is 32.8 Å². The Kier molecular flexibility index (Phi) is 5.13. The largest absolute Gasteiger partial charge is 0.382 e. The molecule has 0 saturated carbocycles. The zero-order chi connectivity index (χ0) is 12.3. The van der Waals surface area contributed by atoms with E-state index in [1.165, 1.54) is 0 Å². The Morgan fingerprint density at radius 1 is 1.31 bits per heavy atom. The molecule has 0 heterocycles. The minimum atomic E-state index is 0.454. The maximum Gasteiger partial charge on any atom is 0.0501 e. The van der Waals surface area contributed by atoms with E-state index in [4.69, 9.17) is 11.6 Å². The van der Waals surface area contributed by atoms with Gasteiger partial charge in [-0.05, 0) is 59.8 Å². The molecule has 1 aromatic carbocycles. The summed E-state index contributed by atoms with van der Waals surface area (Å²) in [6.07, 6.45) is 1.15. The van der Waals surface area contributed by atoms with Gasteiger partial charge in [0.2, 0.25) is 0 Å². The van der Waals surface area contributed by atoms with Crippen LogP contribution in [-0.4, -0.2) is 6.04 Å². The summed E-state index contributed by atoms with van der Waals surface area (Å²) >= 11 is 9.67. The Morgan fingerprint density at radius 3 is 2.50 bits per heavy atom. The topological polar surface area (TPSA) is 12.0 Å². The molecule has 16 heavy (non-hydrogen) atoms. The molecule has 0 radical (unpaired) electrons. The van der Waals surface area contributed by atoms with Gasteiger partial charge in [-0.1, -0.05) is 25.4 Å². The van der Waals surface area contributed by atoms with Gasteiger partial charge in [-0.15, -0.1) is 0 Å². The SMILES string of the molecule is Cc1cc(Br)c(NC(C)CC(C)C)cc1Cl. The van der Waals surface area contributed by atoms with E-state index >= 15 is 0 Å². The quantitative estimate of drug-likeness (QED) is 0.800. The number of hydrogen-bond donors (Lipinski definition) is 1. The lowest BCUT2D eigenvalue weighted by Gasteiger charge is -2.19. The summed E-state index contributed by atoms with van der Waals surface area (Å²) in [5.74, 6) is 0.696. The molecular formula is C13H19BrClN. The molecule has 0 amide bonds. The van der Waals surface area contributed by atoms with Gasteiger partial charge < -0.3 is 5.32 Å². The van der Waals surface area contributed by atoms with Crippen molar-refractivity contribution in [3.8, 4) is 0 Å². The Bertz CT molecular complexity index is 363. The molecule has 1 nitrogen and oxygen atoms in total. The van der Waals surface area contributed by atoms with Crippen molar-refractivity contribution >= 4 is 33.2 Å². The molecule has 1 aromatic rings. The average molecular weight is 305 g/mol. The van der Waals surface area contributed by atoms with Gasteiger partial charge in [0.15, 0.2) is 0 Å². The number of rotatable bonds is 4. The second-order valence-corrected chi connectivity index (χ2v) is 6.02. The minimum Gasteiger partial charge on any atom is -0.382 e. The zero-order valence-electron chi connectivity index (χ0n) is 10.3. The number of nitrogens with one attached hydrogen (secondary N) is 1. The summed E-state index contributed by atoms with van der Waals surface area (Å²) in [5.41, 5.74) is 2.17. The van der Waals surface area contributed by atoms with Crippen molar-refractivity contribution in [1.82, 2.24) is 0 Å². The van der Waals surface area contributed by atoms with Gasteiger partial charge in [0.05, 0.1) is 5.69 Å². The molecule has 1 unspecified atom stereocenters. The summed E-state index contributed by atoms with van der Waals surface area (Å²) < 4.78 is 1.07. The summed E-state index contributed by atoms with van der Waals surface area (Å²) in [7, 11) is 0. The first-order valence-electron chi connectivity index (χ1n) is 5.62. The second kappa shape index (κ2) is 5.92. The van der Waals surface area contributed by atoms with Crippen LogP contribution in [0, 0.1) is 12.8 Å². The molecule has 90 valence electrons. The van der Waals surface area contributed by atoms with Crippen LogP contribution in [0.3, 0.4) is 0 Å². The zero-order valence-corrected chi connectivity index (χ0v) is 12.6. The number of hydrogen-bond acceptors (Lipinski definition) is 1. The predicted molar refractivity (Wildman–Crippen MR) is 76.4 cm³/mol. The van der Waals surface area contributed by atoms with Crippen molar-refractivity contribution in [2.45, 2.75) is 40.2 Å². The maximum atomic E-state index is 6.11. The Balaban J connectivity index is 2.77.